The number of pyridine rings is 2. The maximum atomic E-state index is 12.1. The minimum atomic E-state index is -0.312. The van der Waals surface area contributed by atoms with E-state index in [0.717, 1.165) is 11.1 Å². The lowest BCUT2D eigenvalue weighted by molar-refractivity contribution is 0.0938. The molecule has 2 aromatic heterocycles. The first-order chi connectivity index (χ1) is 13.5. The topological polar surface area (TPSA) is 84.0 Å². The highest BCUT2D eigenvalue weighted by Crippen LogP contribution is 2.10. The molecule has 0 saturated carbocycles. The van der Waals surface area contributed by atoms with Crippen LogP contribution >= 0.6 is 23.2 Å². The molecule has 2 N–H and O–H groups in total. The van der Waals surface area contributed by atoms with Crippen molar-refractivity contribution < 1.29 is 9.59 Å². The molecule has 6 nitrogen and oxygen atoms in total. The van der Waals surface area contributed by atoms with E-state index in [2.05, 4.69) is 20.6 Å². The van der Waals surface area contributed by atoms with Gasteiger partial charge < -0.3 is 10.6 Å². The van der Waals surface area contributed by atoms with Crippen molar-refractivity contribution in [3.05, 3.63) is 93.5 Å². The quantitative estimate of drug-likeness (QED) is 0.644. The van der Waals surface area contributed by atoms with Gasteiger partial charge in [0.15, 0.2) is 0 Å². The highest BCUT2D eigenvalue weighted by molar-refractivity contribution is 6.31. The van der Waals surface area contributed by atoms with Gasteiger partial charge in [-0.2, -0.15) is 0 Å². The number of halogens is 2. The molecule has 0 radical (unpaired) electrons. The zero-order valence-electron chi connectivity index (χ0n) is 14.7. The summed E-state index contributed by atoms with van der Waals surface area (Å²) in [6.07, 6.45) is 2.96. The SMILES string of the molecule is O=C(NCc1cccc(CNC(=O)c2cc(Cl)ccn2)c1)c1cc(Cl)ccn1. The molecule has 28 heavy (non-hydrogen) atoms. The number of nitrogens with zero attached hydrogens (tertiary/aromatic N) is 2. The minimum absolute atomic E-state index is 0.255. The van der Waals surface area contributed by atoms with E-state index in [9.17, 15) is 9.59 Å². The van der Waals surface area contributed by atoms with Crippen LogP contribution in [-0.2, 0) is 13.1 Å². The van der Waals surface area contributed by atoms with Gasteiger partial charge in [-0.1, -0.05) is 47.5 Å². The lowest BCUT2D eigenvalue weighted by Gasteiger charge is -2.09. The molecular weight excluding hydrogens is 399 g/mol. The fourth-order valence-electron chi connectivity index (χ4n) is 2.45. The van der Waals surface area contributed by atoms with Gasteiger partial charge in [0.05, 0.1) is 0 Å². The van der Waals surface area contributed by atoms with E-state index >= 15 is 0 Å². The zero-order chi connectivity index (χ0) is 19.9. The molecule has 3 rings (SSSR count). The minimum Gasteiger partial charge on any atom is -0.347 e. The summed E-state index contributed by atoms with van der Waals surface area (Å²) in [5.74, 6) is -0.624. The van der Waals surface area contributed by atoms with Crippen molar-refractivity contribution in [2.75, 3.05) is 0 Å². The van der Waals surface area contributed by atoms with Crippen molar-refractivity contribution in [3.8, 4) is 0 Å². The Balaban J connectivity index is 1.56. The van der Waals surface area contributed by atoms with E-state index in [-0.39, 0.29) is 23.2 Å². The van der Waals surface area contributed by atoms with Crippen LogP contribution in [0.4, 0.5) is 0 Å². The van der Waals surface area contributed by atoms with Crippen LogP contribution in [0.15, 0.2) is 60.9 Å². The highest BCUT2D eigenvalue weighted by Gasteiger charge is 2.09. The van der Waals surface area contributed by atoms with Crippen molar-refractivity contribution in [1.29, 1.82) is 0 Å². The number of carbonyl (C=O) groups is 2. The summed E-state index contributed by atoms with van der Waals surface area (Å²) in [5.41, 5.74) is 2.29. The summed E-state index contributed by atoms with van der Waals surface area (Å²) in [4.78, 5) is 32.3. The molecule has 0 aliphatic heterocycles. The Kier molecular flexibility index (Phi) is 6.57. The molecule has 0 atom stereocenters. The van der Waals surface area contributed by atoms with E-state index in [1.54, 1.807) is 12.1 Å². The molecule has 0 unspecified atom stereocenters. The summed E-state index contributed by atoms with van der Waals surface area (Å²) in [6, 6.07) is 13.8. The van der Waals surface area contributed by atoms with Crippen LogP contribution in [0, 0.1) is 0 Å². The number of nitrogens with one attached hydrogen (secondary N) is 2. The summed E-state index contributed by atoms with van der Waals surface area (Å²) in [6.45, 7) is 0.648. The third-order valence-electron chi connectivity index (χ3n) is 3.81. The molecule has 1 aromatic carbocycles. The van der Waals surface area contributed by atoms with Gasteiger partial charge in [0.25, 0.3) is 11.8 Å². The second-order valence-corrected chi connectivity index (χ2v) is 6.78. The van der Waals surface area contributed by atoms with Crippen molar-refractivity contribution in [3.63, 3.8) is 0 Å². The number of carbonyl (C=O) groups excluding carboxylic acids is 2. The van der Waals surface area contributed by atoms with Crippen LogP contribution in [0.3, 0.4) is 0 Å². The van der Waals surface area contributed by atoms with Crippen molar-refractivity contribution >= 4 is 35.0 Å². The number of hydrogen-bond donors (Lipinski definition) is 2. The fourth-order valence-corrected chi connectivity index (χ4v) is 2.77. The second kappa shape index (κ2) is 9.30. The summed E-state index contributed by atoms with van der Waals surface area (Å²) in [5, 5.41) is 6.49. The predicted molar refractivity (Wildman–Crippen MR) is 107 cm³/mol. The first kappa shape index (κ1) is 19.8. The van der Waals surface area contributed by atoms with Gasteiger partial charge in [-0.3, -0.25) is 19.6 Å². The second-order valence-electron chi connectivity index (χ2n) is 5.90. The van der Waals surface area contributed by atoms with Crippen LogP contribution in [0.1, 0.15) is 32.1 Å². The normalized spacial score (nSPS) is 10.4. The first-order valence-corrected chi connectivity index (χ1v) is 9.14. The molecule has 2 amide bonds. The maximum absolute atomic E-state index is 12.1. The lowest BCUT2D eigenvalue weighted by Crippen LogP contribution is -2.25. The molecule has 8 heteroatoms. The van der Waals surface area contributed by atoms with Gasteiger partial charge in [0.2, 0.25) is 0 Å². The third kappa shape index (κ3) is 5.52. The third-order valence-corrected chi connectivity index (χ3v) is 4.28. The molecule has 3 aromatic rings. The van der Waals surface area contributed by atoms with E-state index in [4.69, 9.17) is 23.2 Å². The molecule has 0 bridgehead atoms. The lowest BCUT2D eigenvalue weighted by atomic mass is 10.1. The van der Waals surface area contributed by atoms with Crippen LogP contribution in [-0.4, -0.2) is 21.8 Å². The van der Waals surface area contributed by atoms with Gasteiger partial charge in [0, 0.05) is 35.5 Å². The van der Waals surface area contributed by atoms with Crippen LogP contribution in [0.5, 0.6) is 0 Å². The Morgan fingerprint density at radius 2 is 1.21 bits per heavy atom. The molecule has 0 saturated heterocycles. The van der Waals surface area contributed by atoms with E-state index in [0.29, 0.717) is 23.1 Å². The Bertz CT molecular complexity index is 934. The van der Waals surface area contributed by atoms with Gasteiger partial charge in [-0.25, -0.2) is 0 Å². The van der Waals surface area contributed by atoms with Gasteiger partial charge in [0.1, 0.15) is 11.4 Å². The Morgan fingerprint density at radius 3 is 1.64 bits per heavy atom. The summed E-state index contributed by atoms with van der Waals surface area (Å²) in [7, 11) is 0. The summed E-state index contributed by atoms with van der Waals surface area (Å²) < 4.78 is 0. The standard InChI is InChI=1S/C20H16Cl2N4O2/c21-15-4-6-23-17(9-15)19(27)25-11-13-2-1-3-14(8-13)12-26-20(28)18-10-16(22)5-7-24-18/h1-10H,11-12H2,(H,25,27)(H,26,28). The Labute approximate surface area is 171 Å². The number of rotatable bonds is 6. The number of amides is 2. The number of benzene rings is 1. The van der Waals surface area contributed by atoms with Crippen LogP contribution in [0.25, 0.3) is 0 Å². The molecule has 0 aliphatic rings. The zero-order valence-corrected chi connectivity index (χ0v) is 16.2. The Hall–Kier alpha value is -2.96. The van der Waals surface area contributed by atoms with Crippen molar-refractivity contribution in [1.82, 2.24) is 20.6 Å². The van der Waals surface area contributed by atoms with Crippen LogP contribution < -0.4 is 10.6 Å². The van der Waals surface area contributed by atoms with Crippen molar-refractivity contribution in [2.24, 2.45) is 0 Å². The number of hydrogen-bond acceptors (Lipinski definition) is 4. The highest BCUT2D eigenvalue weighted by atomic mass is 35.5. The molecule has 2 heterocycles. The average molecular weight is 415 g/mol. The first-order valence-electron chi connectivity index (χ1n) is 8.38. The van der Waals surface area contributed by atoms with Gasteiger partial charge in [-0.15, -0.1) is 0 Å². The number of aromatic nitrogens is 2. The largest absolute Gasteiger partial charge is 0.347 e. The fraction of sp³-hybridized carbons (Fsp3) is 0.100. The average Bonchev–Trinajstić information content (AvgIpc) is 2.70. The summed E-state index contributed by atoms with van der Waals surface area (Å²) >= 11 is 11.7. The van der Waals surface area contributed by atoms with Gasteiger partial charge >= 0.3 is 0 Å². The molecule has 0 fully saturated rings. The van der Waals surface area contributed by atoms with E-state index in [1.165, 1.54) is 24.5 Å². The smallest absolute Gasteiger partial charge is 0.270 e. The predicted octanol–water partition coefficient (Wildman–Crippen LogP) is 3.64. The molecule has 142 valence electrons. The van der Waals surface area contributed by atoms with Crippen molar-refractivity contribution in [2.45, 2.75) is 13.1 Å². The van der Waals surface area contributed by atoms with E-state index in [1.807, 2.05) is 24.3 Å². The Morgan fingerprint density at radius 1 is 0.750 bits per heavy atom. The monoisotopic (exact) mass is 414 g/mol. The van der Waals surface area contributed by atoms with Gasteiger partial charge in [-0.05, 0) is 35.4 Å². The molecule has 0 spiro atoms. The van der Waals surface area contributed by atoms with E-state index < -0.39 is 0 Å². The molecule has 0 aliphatic carbocycles. The maximum Gasteiger partial charge on any atom is 0.270 e. The molecular formula is C20H16Cl2N4O2. The van der Waals surface area contributed by atoms with Crippen LogP contribution in [0.2, 0.25) is 10.0 Å².